The van der Waals surface area contributed by atoms with E-state index in [-0.39, 0.29) is 11.8 Å². The fourth-order valence-electron chi connectivity index (χ4n) is 3.23. The average molecular weight is 630 g/mol. The van der Waals surface area contributed by atoms with Gasteiger partial charge in [-0.25, -0.2) is 9.98 Å². The first-order valence-electron chi connectivity index (χ1n) is 12.4. The van der Waals surface area contributed by atoms with Gasteiger partial charge in [0, 0.05) is 16.5 Å². The standard InChI is InChI=1S/C22H29IN5OPS.2C2H6/c1-5-7-15-8-11-17(19(12-15)31-4)24-13-18-21(28(30-23)14(3)25-18)26-20(6-2)27-22(29)16-9-10-16;2*1-2/h6,8,11-12,16,24,30H,2,5,7,9-10,13H2,1,3-4H3,(H,26,27,29);2*1-2H3. The van der Waals surface area contributed by atoms with Crippen molar-refractivity contribution < 1.29 is 4.79 Å². The van der Waals surface area contributed by atoms with Crippen LogP contribution < -0.4 is 10.6 Å². The maximum absolute atomic E-state index is 12.2. The van der Waals surface area contributed by atoms with Crippen LogP contribution in [0.1, 0.15) is 71.0 Å². The molecule has 0 radical (unpaired) electrons. The molecule has 1 atom stereocenters. The molecule has 1 amide bonds. The smallest absolute Gasteiger partial charge is 0.228 e. The first-order valence-corrected chi connectivity index (χ1v) is 17.7. The van der Waals surface area contributed by atoms with E-state index in [0.29, 0.717) is 18.8 Å². The summed E-state index contributed by atoms with van der Waals surface area (Å²) < 4.78 is 2.07. The SMILES string of the molecule is C=C/C(=N\c1c(CNc2ccc(CCC)cc2SC)nc(C)n1PI)NC(=O)C1CC1.CC.CC. The molecular formula is C26H41IN5OPS. The molecule has 0 aliphatic heterocycles. The van der Waals surface area contributed by atoms with Crippen LogP contribution in [-0.4, -0.2) is 27.3 Å². The summed E-state index contributed by atoms with van der Waals surface area (Å²) in [5.41, 5.74) is 3.31. The van der Waals surface area contributed by atoms with E-state index in [1.165, 1.54) is 10.5 Å². The fourth-order valence-corrected chi connectivity index (χ4v) is 6.02. The Morgan fingerprint density at radius 3 is 2.57 bits per heavy atom. The minimum Gasteiger partial charge on any atom is -0.378 e. The number of hydrogen-bond acceptors (Lipinski definition) is 5. The minimum absolute atomic E-state index is 0.0230. The third kappa shape index (κ3) is 9.54. The normalized spacial score (nSPS) is 13.0. The highest BCUT2D eigenvalue weighted by Crippen LogP contribution is 2.36. The number of hydrogen-bond donors (Lipinski definition) is 2. The van der Waals surface area contributed by atoms with Gasteiger partial charge in [-0.2, -0.15) is 0 Å². The lowest BCUT2D eigenvalue weighted by molar-refractivity contribution is -0.120. The van der Waals surface area contributed by atoms with E-state index in [2.05, 4.69) is 75.0 Å². The van der Waals surface area contributed by atoms with E-state index in [9.17, 15) is 4.79 Å². The molecule has 194 valence electrons. The van der Waals surface area contributed by atoms with Gasteiger partial charge in [0.2, 0.25) is 5.91 Å². The Kier molecular flexibility index (Phi) is 15.5. The molecular weight excluding hydrogens is 588 g/mol. The number of anilines is 1. The molecule has 1 aliphatic rings. The summed E-state index contributed by atoms with van der Waals surface area (Å²) in [7, 11) is 0. The molecule has 1 aliphatic carbocycles. The number of halogens is 1. The summed E-state index contributed by atoms with van der Waals surface area (Å²) in [6.45, 7) is 16.6. The molecule has 0 saturated heterocycles. The van der Waals surface area contributed by atoms with E-state index >= 15 is 0 Å². The Morgan fingerprint density at radius 2 is 2.03 bits per heavy atom. The van der Waals surface area contributed by atoms with Crippen LogP contribution in [0.25, 0.3) is 0 Å². The zero-order valence-corrected chi connectivity index (χ0v) is 26.1. The number of nitrogens with one attached hydrogen (secondary N) is 2. The number of rotatable bonds is 10. The molecule has 1 aromatic carbocycles. The van der Waals surface area contributed by atoms with E-state index in [1.54, 1.807) is 17.8 Å². The monoisotopic (exact) mass is 629 g/mol. The van der Waals surface area contributed by atoms with Crippen molar-refractivity contribution in [1.29, 1.82) is 0 Å². The molecule has 9 heteroatoms. The van der Waals surface area contributed by atoms with Gasteiger partial charge in [0.1, 0.15) is 17.4 Å². The quantitative estimate of drug-likeness (QED) is 0.0917. The molecule has 1 fully saturated rings. The molecule has 1 unspecified atom stereocenters. The number of amidine groups is 1. The van der Waals surface area contributed by atoms with Gasteiger partial charge in [-0.05, 0) is 78.3 Å². The van der Waals surface area contributed by atoms with Crippen LogP contribution in [0.5, 0.6) is 0 Å². The second-order valence-electron chi connectivity index (χ2n) is 7.45. The predicted octanol–water partition coefficient (Wildman–Crippen LogP) is 8.06. The first-order chi connectivity index (χ1) is 17.0. The number of amides is 1. The van der Waals surface area contributed by atoms with Gasteiger partial charge in [0.05, 0.1) is 12.9 Å². The number of carbonyl (C=O) groups excluding carboxylic acids is 1. The molecule has 1 heterocycles. The predicted molar refractivity (Wildman–Crippen MR) is 165 cm³/mol. The third-order valence-corrected chi connectivity index (χ3v) is 7.97. The van der Waals surface area contributed by atoms with Crippen molar-refractivity contribution >= 4 is 63.4 Å². The van der Waals surface area contributed by atoms with E-state index in [0.717, 1.165) is 48.7 Å². The van der Waals surface area contributed by atoms with Crippen LogP contribution in [0.15, 0.2) is 40.7 Å². The molecule has 0 spiro atoms. The Balaban J connectivity index is 0.00000145. The van der Waals surface area contributed by atoms with Crippen molar-refractivity contribution in [2.45, 2.75) is 78.7 Å². The largest absolute Gasteiger partial charge is 0.378 e. The maximum atomic E-state index is 12.2. The summed E-state index contributed by atoms with van der Waals surface area (Å²) in [5, 5.41) is 6.44. The number of thioether (sulfide) groups is 1. The van der Waals surface area contributed by atoms with Crippen LogP contribution in [0.4, 0.5) is 11.5 Å². The minimum atomic E-state index is 0.0230. The summed E-state index contributed by atoms with van der Waals surface area (Å²) in [6.07, 6.45) is 8.28. The van der Waals surface area contributed by atoms with Gasteiger partial charge in [0.15, 0.2) is 5.82 Å². The van der Waals surface area contributed by atoms with E-state index in [4.69, 9.17) is 9.98 Å². The topological polar surface area (TPSA) is 71.3 Å². The fraction of sp³-hybridized carbons (Fsp3) is 0.500. The highest BCUT2D eigenvalue weighted by atomic mass is 127. The van der Waals surface area contributed by atoms with E-state index in [1.807, 2.05) is 34.6 Å². The van der Waals surface area contributed by atoms with Crippen LogP contribution in [0.3, 0.4) is 0 Å². The number of aliphatic imine (C=N–C) groups is 1. The molecule has 2 N–H and O–H groups in total. The van der Waals surface area contributed by atoms with Crippen molar-refractivity contribution in [3.8, 4) is 0 Å². The Hall–Kier alpha value is -1.38. The van der Waals surface area contributed by atoms with Crippen LogP contribution in [-0.2, 0) is 17.8 Å². The van der Waals surface area contributed by atoms with Crippen LogP contribution in [0.2, 0.25) is 0 Å². The summed E-state index contributed by atoms with van der Waals surface area (Å²) in [5.74, 6) is 2.28. The Morgan fingerprint density at radius 1 is 1.34 bits per heavy atom. The van der Waals surface area contributed by atoms with Crippen molar-refractivity contribution in [2.24, 2.45) is 10.9 Å². The summed E-state index contributed by atoms with van der Waals surface area (Å²) in [4.78, 5) is 22.9. The molecule has 35 heavy (non-hydrogen) atoms. The van der Waals surface area contributed by atoms with Gasteiger partial charge in [-0.15, -0.1) is 11.8 Å². The van der Waals surface area contributed by atoms with Gasteiger partial charge in [0.25, 0.3) is 0 Å². The number of carbonyl (C=O) groups is 1. The Labute approximate surface area is 231 Å². The van der Waals surface area contributed by atoms with Crippen LogP contribution in [0, 0.1) is 12.8 Å². The Bertz CT molecular complexity index is 988. The van der Waals surface area contributed by atoms with Crippen molar-refractivity contribution in [3.63, 3.8) is 0 Å². The average Bonchev–Trinajstić information content (AvgIpc) is 3.70. The summed E-state index contributed by atoms with van der Waals surface area (Å²) >= 11 is 4.07. The lowest BCUT2D eigenvalue weighted by atomic mass is 10.1. The van der Waals surface area contributed by atoms with E-state index < -0.39 is 0 Å². The lowest BCUT2D eigenvalue weighted by Crippen LogP contribution is -2.30. The van der Waals surface area contributed by atoms with Crippen LogP contribution >= 0.6 is 40.2 Å². The van der Waals surface area contributed by atoms with Gasteiger partial charge < -0.3 is 10.6 Å². The summed E-state index contributed by atoms with van der Waals surface area (Å²) in [6, 6.07) is 6.59. The van der Waals surface area contributed by atoms with Crippen molar-refractivity contribution in [2.75, 3.05) is 11.6 Å². The number of imidazole rings is 1. The van der Waals surface area contributed by atoms with Gasteiger partial charge >= 0.3 is 0 Å². The maximum Gasteiger partial charge on any atom is 0.228 e. The highest BCUT2D eigenvalue weighted by Gasteiger charge is 2.30. The molecule has 1 aromatic heterocycles. The second-order valence-corrected chi connectivity index (χ2v) is 10.4. The number of nitrogens with zero attached hydrogens (tertiary/aromatic N) is 3. The molecule has 1 saturated carbocycles. The first kappa shape index (κ1) is 31.6. The zero-order chi connectivity index (χ0) is 26.4. The van der Waals surface area contributed by atoms with Gasteiger partial charge in [-0.1, -0.05) is 53.7 Å². The molecule has 3 rings (SSSR count). The van der Waals surface area contributed by atoms with Crippen molar-refractivity contribution in [3.05, 3.63) is 47.9 Å². The molecule has 2 aromatic rings. The number of aromatic nitrogens is 2. The number of benzene rings is 1. The third-order valence-electron chi connectivity index (χ3n) is 5.04. The molecule has 0 bridgehead atoms. The molecule has 6 nitrogen and oxygen atoms in total. The lowest BCUT2D eigenvalue weighted by Gasteiger charge is -2.12. The highest BCUT2D eigenvalue weighted by molar-refractivity contribution is 14.2. The van der Waals surface area contributed by atoms with Gasteiger partial charge in [-0.3, -0.25) is 9.13 Å². The van der Waals surface area contributed by atoms with Crippen molar-refractivity contribution in [1.82, 2.24) is 14.6 Å². The zero-order valence-electron chi connectivity index (χ0n) is 22.2. The number of aryl methyl sites for hydroxylation is 2. The second kappa shape index (κ2) is 17.1.